The Morgan fingerprint density at radius 1 is 1.14 bits per heavy atom. The molecular formula is C19H23NO. The van der Waals surface area contributed by atoms with Crippen LogP contribution in [0.3, 0.4) is 0 Å². The number of anilines is 1. The molecule has 110 valence electrons. The molecule has 1 unspecified atom stereocenters. The molecule has 21 heavy (non-hydrogen) atoms. The maximum absolute atomic E-state index is 5.61. The van der Waals surface area contributed by atoms with Gasteiger partial charge in [-0.1, -0.05) is 29.8 Å². The van der Waals surface area contributed by atoms with E-state index >= 15 is 0 Å². The van der Waals surface area contributed by atoms with Gasteiger partial charge >= 0.3 is 0 Å². The molecular weight excluding hydrogens is 258 g/mol. The average Bonchev–Trinajstić information content (AvgIpc) is 2.50. The van der Waals surface area contributed by atoms with E-state index in [1.807, 2.05) is 6.92 Å². The van der Waals surface area contributed by atoms with Crippen molar-refractivity contribution in [1.29, 1.82) is 0 Å². The summed E-state index contributed by atoms with van der Waals surface area (Å²) in [6, 6.07) is 15.3. The van der Waals surface area contributed by atoms with E-state index in [9.17, 15) is 0 Å². The fourth-order valence-electron chi connectivity index (χ4n) is 3.01. The van der Waals surface area contributed by atoms with Crippen molar-refractivity contribution in [3.63, 3.8) is 0 Å². The first-order valence-corrected chi connectivity index (χ1v) is 7.79. The van der Waals surface area contributed by atoms with Gasteiger partial charge in [-0.15, -0.1) is 0 Å². The lowest BCUT2D eigenvalue weighted by Gasteiger charge is -2.26. The Labute approximate surface area is 127 Å². The van der Waals surface area contributed by atoms with Crippen LogP contribution in [0.2, 0.25) is 0 Å². The highest BCUT2D eigenvalue weighted by Gasteiger charge is 2.19. The van der Waals surface area contributed by atoms with Crippen LogP contribution in [0.25, 0.3) is 0 Å². The largest absolute Gasteiger partial charge is 0.494 e. The number of aryl methyl sites for hydroxylation is 1. The Kier molecular flexibility index (Phi) is 4.14. The van der Waals surface area contributed by atoms with E-state index in [0.29, 0.717) is 5.92 Å². The second-order valence-corrected chi connectivity index (χ2v) is 5.89. The summed E-state index contributed by atoms with van der Waals surface area (Å²) in [7, 11) is 0. The minimum Gasteiger partial charge on any atom is -0.494 e. The maximum atomic E-state index is 5.61. The van der Waals surface area contributed by atoms with Gasteiger partial charge in [0.15, 0.2) is 0 Å². The zero-order valence-corrected chi connectivity index (χ0v) is 12.9. The third kappa shape index (κ3) is 3.38. The van der Waals surface area contributed by atoms with Crippen LogP contribution in [0.15, 0.2) is 42.5 Å². The summed E-state index contributed by atoms with van der Waals surface area (Å²) >= 11 is 0. The van der Waals surface area contributed by atoms with Crippen LogP contribution in [0.4, 0.5) is 5.69 Å². The third-order valence-corrected chi connectivity index (χ3v) is 4.12. The van der Waals surface area contributed by atoms with Crippen molar-refractivity contribution in [1.82, 2.24) is 0 Å². The molecule has 0 aliphatic carbocycles. The predicted molar refractivity (Wildman–Crippen MR) is 88.2 cm³/mol. The molecule has 2 aromatic carbocycles. The summed E-state index contributed by atoms with van der Waals surface area (Å²) in [5.41, 5.74) is 5.40. The number of rotatable bonds is 4. The van der Waals surface area contributed by atoms with Gasteiger partial charge < -0.3 is 10.1 Å². The molecule has 0 bridgehead atoms. The third-order valence-electron chi connectivity index (χ3n) is 4.12. The Morgan fingerprint density at radius 2 is 1.95 bits per heavy atom. The van der Waals surface area contributed by atoms with Gasteiger partial charge in [-0.25, -0.2) is 0 Å². The van der Waals surface area contributed by atoms with Crippen molar-refractivity contribution < 1.29 is 4.74 Å². The minimum atomic E-state index is 0.650. The van der Waals surface area contributed by atoms with Gasteiger partial charge in [-0.05, 0) is 61.9 Å². The summed E-state index contributed by atoms with van der Waals surface area (Å²) in [5, 5.41) is 3.56. The fraction of sp³-hybridized carbons (Fsp3) is 0.368. The topological polar surface area (TPSA) is 21.3 Å². The molecule has 0 spiro atoms. The van der Waals surface area contributed by atoms with E-state index in [4.69, 9.17) is 4.74 Å². The first-order chi connectivity index (χ1) is 10.2. The molecule has 0 amide bonds. The second-order valence-electron chi connectivity index (χ2n) is 5.89. The fourth-order valence-corrected chi connectivity index (χ4v) is 3.01. The average molecular weight is 281 g/mol. The molecule has 0 fully saturated rings. The van der Waals surface area contributed by atoms with Crippen LogP contribution in [0, 0.1) is 12.8 Å². The zero-order chi connectivity index (χ0) is 14.7. The van der Waals surface area contributed by atoms with Crippen molar-refractivity contribution in [2.75, 3.05) is 18.5 Å². The molecule has 0 aromatic heterocycles. The van der Waals surface area contributed by atoms with E-state index in [2.05, 4.69) is 54.7 Å². The van der Waals surface area contributed by atoms with E-state index < -0.39 is 0 Å². The van der Waals surface area contributed by atoms with Crippen molar-refractivity contribution in [3.05, 3.63) is 59.2 Å². The smallest absolute Gasteiger partial charge is 0.119 e. The number of nitrogens with one attached hydrogen (secondary N) is 1. The Hall–Kier alpha value is -1.96. The standard InChI is InChI=1S/C19H23NO/c1-3-21-18-8-9-19-17(12-18)11-16(13-20-19)10-15-6-4-14(2)5-7-15/h4-9,12,16,20H,3,10-11,13H2,1-2H3. The number of ether oxygens (including phenoxy) is 1. The summed E-state index contributed by atoms with van der Waals surface area (Å²) in [5.74, 6) is 1.63. The lowest BCUT2D eigenvalue weighted by Crippen LogP contribution is -2.24. The summed E-state index contributed by atoms with van der Waals surface area (Å²) < 4.78 is 5.61. The lowest BCUT2D eigenvalue weighted by atomic mass is 9.88. The first kappa shape index (κ1) is 14.0. The van der Waals surface area contributed by atoms with Crippen LogP contribution < -0.4 is 10.1 Å². The Bertz CT molecular complexity index is 603. The highest BCUT2D eigenvalue weighted by Crippen LogP contribution is 2.30. The Morgan fingerprint density at radius 3 is 2.71 bits per heavy atom. The maximum Gasteiger partial charge on any atom is 0.119 e. The van der Waals surface area contributed by atoms with Gasteiger partial charge in [0.1, 0.15) is 5.75 Å². The van der Waals surface area contributed by atoms with Crippen LogP contribution in [0.5, 0.6) is 5.75 Å². The van der Waals surface area contributed by atoms with Crippen LogP contribution in [-0.2, 0) is 12.8 Å². The van der Waals surface area contributed by atoms with Crippen LogP contribution in [0.1, 0.15) is 23.6 Å². The van der Waals surface area contributed by atoms with Gasteiger partial charge in [-0.3, -0.25) is 0 Å². The quantitative estimate of drug-likeness (QED) is 0.906. The number of fused-ring (bicyclic) bond motifs is 1. The van der Waals surface area contributed by atoms with E-state index in [1.54, 1.807) is 0 Å². The highest BCUT2D eigenvalue weighted by atomic mass is 16.5. The predicted octanol–water partition coefficient (Wildman–Crippen LogP) is 4.22. The summed E-state index contributed by atoms with van der Waals surface area (Å²) in [6.45, 7) is 5.93. The molecule has 0 saturated carbocycles. The highest BCUT2D eigenvalue weighted by molar-refractivity contribution is 5.56. The normalized spacial score (nSPS) is 17.0. The molecule has 1 aliphatic rings. The molecule has 2 nitrogen and oxygen atoms in total. The van der Waals surface area contributed by atoms with Gasteiger partial charge in [0.2, 0.25) is 0 Å². The van der Waals surface area contributed by atoms with Gasteiger partial charge in [0.25, 0.3) is 0 Å². The molecule has 2 heteroatoms. The first-order valence-electron chi connectivity index (χ1n) is 7.79. The zero-order valence-electron chi connectivity index (χ0n) is 12.9. The Balaban J connectivity index is 1.71. The van der Waals surface area contributed by atoms with Crippen LogP contribution >= 0.6 is 0 Å². The van der Waals surface area contributed by atoms with Gasteiger partial charge in [0, 0.05) is 12.2 Å². The molecule has 0 radical (unpaired) electrons. The van der Waals surface area contributed by atoms with Crippen molar-refractivity contribution in [2.24, 2.45) is 5.92 Å². The van der Waals surface area contributed by atoms with Gasteiger partial charge in [-0.2, -0.15) is 0 Å². The minimum absolute atomic E-state index is 0.650. The molecule has 0 saturated heterocycles. The van der Waals surface area contributed by atoms with E-state index in [-0.39, 0.29) is 0 Å². The number of hydrogen-bond acceptors (Lipinski definition) is 2. The van der Waals surface area contributed by atoms with Crippen molar-refractivity contribution in [3.8, 4) is 5.75 Å². The monoisotopic (exact) mass is 281 g/mol. The summed E-state index contributed by atoms with van der Waals surface area (Å²) in [4.78, 5) is 0. The SMILES string of the molecule is CCOc1ccc2c(c1)CC(Cc1ccc(C)cc1)CN2. The van der Waals surface area contributed by atoms with Gasteiger partial charge in [0.05, 0.1) is 6.61 Å². The van der Waals surface area contributed by atoms with Crippen molar-refractivity contribution >= 4 is 5.69 Å². The molecule has 2 aromatic rings. The number of benzene rings is 2. The summed E-state index contributed by atoms with van der Waals surface area (Å²) in [6.07, 6.45) is 2.25. The second kappa shape index (κ2) is 6.21. The number of hydrogen-bond donors (Lipinski definition) is 1. The molecule has 1 heterocycles. The lowest BCUT2D eigenvalue weighted by molar-refractivity contribution is 0.339. The molecule has 3 rings (SSSR count). The molecule has 1 N–H and O–H groups in total. The van der Waals surface area contributed by atoms with Crippen LogP contribution in [-0.4, -0.2) is 13.2 Å². The molecule has 1 atom stereocenters. The van der Waals surface area contributed by atoms with E-state index in [1.165, 1.54) is 22.4 Å². The molecule has 1 aliphatic heterocycles. The van der Waals surface area contributed by atoms with E-state index in [0.717, 1.165) is 31.7 Å². The van der Waals surface area contributed by atoms with Crippen molar-refractivity contribution in [2.45, 2.75) is 26.7 Å².